The zero-order chi connectivity index (χ0) is 12.1. The lowest BCUT2D eigenvalue weighted by molar-refractivity contribution is -0.138. The Bertz CT molecular complexity index is 419. The maximum absolute atomic E-state index is 10.9. The van der Waals surface area contributed by atoms with Gasteiger partial charge in [0.05, 0.1) is 5.02 Å². The molecule has 0 aliphatic carbocycles. The monoisotopic (exact) mass is 282 g/mol. The minimum atomic E-state index is -1.21. The van der Waals surface area contributed by atoms with Crippen LogP contribution in [0.4, 0.5) is 4.79 Å². The molecule has 0 N–H and O–H groups in total. The van der Waals surface area contributed by atoms with Gasteiger partial charge in [0.15, 0.2) is 6.61 Å². The molecule has 7 heteroatoms. The van der Waals surface area contributed by atoms with E-state index in [0.29, 0.717) is 5.02 Å². The van der Waals surface area contributed by atoms with Gasteiger partial charge in [-0.05, 0) is 18.2 Å². The molecular formula is C9H5Cl3O4. The van der Waals surface area contributed by atoms with Crippen LogP contribution in [0.25, 0.3) is 0 Å². The summed E-state index contributed by atoms with van der Waals surface area (Å²) >= 11 is 16.2. The average molecular weight is 283 g/mol. The normalized spacial score (nSPS) is 9.69. The van der Waals surface area contributed by atoms with Gasteiger partial charge >= 0.3 is 11.4 Å². The summed E-state index contributed by atoms with van der Waals surface area (Å²) in [6.45, 7) is -0.472. The predicted molar refractivity (Wildman–Crippen MR) is 59.3 cm³/mol. The SMILES string of the molecule is O=C(Cl)OC(=O)COc1ccc(Cl)cc1Cl. The molecule has 1 aromatic carbocycles. The van der Waals surface area contributed by atoms with E-state index in [-0.39, 0.29) is 10.8 Å². The minimum absolute atomic E-state index is 0.248. The van der Waals surface area contributed by atoms with Crippen molar-refractivity contribution in [2.45, 2.75) is 0 Å². The van der Waals surface area contributed by atoms with Crippen molar-refractivity contribution in [3.05, 3.63) is 28.2 Å². The fraction of sp³-hybridized carbons (Fsp3) is 0.111. The highest BCUT2D eigenvalue weighted by molar-refractivity contribution is 6.61. The lowest BCUT2D eigenvalue weighted by Crippen LogP contribution is -2.15. The molecule has 0 amide bonds. The summed E-state index contributed by atoms with van der Waals surface area (Å²) in [5.41, 5.74) is -1.21. The largest absolute Gasteiger partial charge is 0.480 e. The molecule has 0 bridgehead atoms. The molecule has 0 aliphatic rings. The number of hydrogen-bond acceptors (Lipinski definition) is 4. The molecule has 0 saturated heterocycles. The topological polar surface area (TPSA) is 52.6 Å². The van der Waals surface area contributed by atoms with Gasteiger partial charge in [0.1, 0.15) is 5.75 Å². The second-order valence-corrected chi connectivity index (χ2v) is 3.73. The molecular weight excluding hydrogens is 278 g/mol. The van der Waals surface area contributed by atoms with Crippen molar-refractivity contribution in [3.63, 3.8) is 0 Å². The molecule has 0 saturated carbocycles. The summed E-state index contributed by atoms with van der Waals surface area (Å²) in [7, 11) is 0. The van der Waals surface area contributed by atoms with E-state index in [1.54, 1.807) is 6.07 Å². The molecule has 0 aliphatic heterocycles. The van der Waals surface area contributed by atoms with Crippen LogP contribution in [0.15, 0.2) is 18.2 Å². The molecule has 16 heavy (non-hydrogen) atoms. The van der Waals surface area contributed by atoms with E-state index in [0.717, 1.165) is 0 Å². The zero-order valence-electron chi connectivity index (χ0n) is 7.71. The lowest BCUT2D eigenvalue weighted by Gasteiger charge is -2.06. The number of hydrogen-bond donors (Lipinski definition) is 0. The first-order valence-electron chi connectivity index (χ1n) is 3.97. The van der Waals surface area contributed by atoms with Crippen LogP contribution in [0.5, 0.6) is 5.75 Å². The fourth-order valence-electron chi connectivity index (χ4n) is 0.848. The second kappa shape index (κ2) is 5.94. The molecule has 4 nitrogen and oxygen atoms in total. The highest BCUT2D eigenvalue weighted by atomic mass is 35.5. The van der Waals surface area contributed by atoms with E-state index < -0.39 is 18.0 Å². The number of carbonyl (C=O) groups is 2. The molecule has 86 valence electrons. The van der Waals surface area contributed by atoms with Crippen LogP contribution < -0.4 is 4.74 Å². The highest BCUT2D eigenvalue weighted by Gasteiger charge is 2.10. The van der Waals surface area contributed by atoms with Crippen molar-refractivity contribution in [2.24, 2.45) is 0 Å². The minimum Gasteiger partial charge on any atom is -0.480 e. The lowest BCUT2D eigenvalue weighted by atomic mass is 10.3. The quantitative estimate of drug-likeness (QED) is 0.485. The van der Waals surface area contributed by atoms with Gasteiger partial charge in [-0.3, -0.25) is 0 Å². The van der Waals surface area contributed by atoms with Crippen LogP contribution in [0.2, 0.25) is 10.0 Å². The van der Waals surface area contributed by atoms with Crippen molar-refractivity contribution >= 4 is 46.2 Å². The van der Waals surface area contributed by atoms with Crippen molar-refractivity contribution in [2.75, 3.05) is 6.61 Å². The smallest absolute Gasteiger partial charge is 0.411 e. The summed E-state index contributed by atoms with van der Waals surface area (Å²) < 4.78 is 9.01. The predicted octanol–water partition coefficient (Wildman–Crippen LogP) is 3.27. The van der Waals surface area contributed by atoms with Gasteiger partial charge in [0, 0.05) is 16.6 Å². The van der Waals surface area contributed by atoms with Crippen LogP contribution in [-0.2, 0) is 9.53 Å². The van der Waals surface area contributed by atoms with E-state index in [4.69, 9.17) is 39.5 Å². The third-order valence-electron chi connectivity index (χ3n) is 1.43. The standard InChI is InChI=1S/C9H5Cl3O4/c10-5-1-2-7(6(11)3-5)15-4-8(13)16-9(12)14/h1-3H,4H2. The van der Waals surface area contributed by atoms with Crippen molar-refractivity contribution in [3.8, 4) is 5.75 Å². The number of benzene rings is 1. The van der Waals surface area contributed by atoms with Crippen LogP contribution in [-0.4, -0.2) is 18.0 Å². The molecule has 1 aromatic rings. The van der Waals surface area contributed by atoms with Crippen LogP contribution >= 0.6 is 34.8 Å². The summed E-state index contributed by atoms with van der Waals surface area (Å²) in [6.07, 6.45) is 0. The molecule has 0 spiro atoms. The number of ether oxygens (including phenoxy) is 2. The number of rotatable bonds is 3. The fourth-order valence-corrected chi connectivity index (χ4v) is 1.40. The average Bonchev–Trinajstić information content (AvgIpc) is 2.15. The third kappa shape index (κ3) is 4.26. The zero-order valence-corrected chi connectivity index (χ0v) is 9.97. The number of esters is 1. The molecule has 0 heterocycles. The third-order valence-corrected chi connectivity index (χ3v) is 2.04. The summed E-state index contributed by atoms with van der Waals surface area (Å²) in [5.74, 6) is -0.656. The molecule has 0 radical (unpaired) electrons. The maximum Gasteiger partial charge on any atom is 0.411 e. The van der Waals surface area contributed by atoms with Crippen LogP contribution in [0.3, 0.4) is 0 Å². The number of halogens is 3. The first-order chi connectivity index (χ1) is 7.49. The van der Waals surface area contributed by atoms with E-state index >= 15 is 0 Å². The first kappa shape index (κ1) is 13.1. The van der Waals surface area contributed by atoms with E-state index in [2.05, 4.69) is 4.74 Å². The highest BCUT2D eigenvalue weighted by Crippen LogP contribution is 2.27. The maximum atomic E-state index is 10.9. The summed E-state index contributed by atoms with van der Waals surface area (Å²) in [4.78, 5) is 21.1. The Morgan fingerprint density at radius 2 is 1.94 bits per heavy atom. The van der Waals surface area contributed by atoms with Gasteiger partial charge in [-0.25, -0.2) is 9.59 Å². The Labute approximate surface area is 106 Å². The second-order valence-electron chi connectivity index (χ2n) is 2.58. The van der Waals surface area contributed by atoms with Gasteiger partial charge in [0.2, 0.25) is 0 Å². The van der Waals surface area contributed by atoms with E-state index in [9.17, 15) is 9.59 Å². The number of carbonyl (C=O) groups excluding carboxylic acids is 2. The summed E-state index contributed by atoms with van der Waals surface area (Å²) in [5, 5.41) is 0.688. The molecule has 0 fully saturated rings. The molecule has 1 rings (SSSR count). The Morgan fingerprint density at radius 1 is 1.25 bits per heavy atom. The van der Waals surface area contributed by atoms with Crippen LogP contribution in [0, 0.1) is 0 Å². The van der Waals surface area contributed by atoms with Gasteiger partial charge < -0.3 is 9.47 Å². The van der Waals surface area contributed by atoms with Gasteiger partial charge in [-0.15, -0.1) is 0 Å². The summed E-state index contributed by atoms with van der Waals surface area (Å²) in [6, 6.07) is 4.48. The van der Waals surface area contributed by atoms with Crippen LogP contribution in [0.1, 0.15) is 0 Å². The van der Waals surface area contributed by atoms with E-state index in [1.165, 1.54) is 12.1 Å². The first-order valence-corrected chi connectivity index (χ1v) is 5.10. The van der Waals surface area contributed by atoms with Crippen molar-refractivity contribution in [1.29, 1.82) is 0 Å². The van der Waals surface area contributed by atoms with Gasteiger partial charge in [-0.2, -0.15) is 0 Å². The molecule has 0 aromatic heterocycles. The van der Waals surface area contributed by atoms with Crippen molar-refractivity contribution in [1.82, 2.24) is 0 Å². The van der Waals surface area contributed by atoms with Gasteiger partial charge in [0.25, 0.3) is 0 Å². The van der Waals surface area contributed by atoms with Crippen molar-refractivity contribution < 1.29 is 19.1 Å². The Hall–Kier alpha value is -0.970. The van der Waals surface area contributed by atoms with E-state index in [1.807, 2.05) is 0 Å². The molecule has 0 unspecified atom stereocenters. The van der Waals surface area contributed by atoms with Gasteiger partial charge in [-0.1, -0.05) is 23.2 Å². The Kier molecular flexibility index (Phi) is 4.86. The Morgan fingerprint density at radius 3 is 2.50 bits per heavy atom. The molecule has 0 atom stereocenters. The Balaban J connectivity index is 2.54.